The average molecular weight is 194 g/mol. The molecule has 1 aromatic rings. The standard InChI is InChI=1S/C11H18N2O/c1-11(2,3)9-7-13-6-8(14)4-5-10(13)12-9/h7-8,14H,4-6H2,1-3H3. The van der Waals surface area contributed by atoms with Gasteiger partial charge in [0.05, 0.1) is 11.8 Å². The Hall–Kier alpha value is -0.830. The second kappa shape index (κ2) is 3.09. The molecular formula is C11H18N2O. The van der Waals surface area contributed by atoms with Crippen molar-refractivity contribution in [2.24, 2.45) is 0 Å². The van der Waals surface area contributed by atoms with E-state index in [2.05, 4.69) is 36.5 Å². The van der Waals surface area contributed by atoms with E-state index < -0.39 is 0 Å². The second-order valence-electron chi connectivity index (χ2n) is 5.14. The summed E-state index contributed by atoms with van der Waals surface area (Å²) in [5, 5.41) is 9.52. The summed E-state index contributed by atoms with van der Waals surface area (Å²) in [7, 11) is 0. The Morgan fingerprint density at radius 3 is 2.86 bits per heavy atom. The summed E-state index contributed by atoms with van der Waals surface area (Å²) in [4.78, 5) is 4.61. The molecular weight excluding hydrogens is 176 g/mol. The summed E-state index contributed by atoms with van der Waals surface area (Å²) >= 11 is 0. The summed E-state index contributed by atoms with van der Waals surface area (Å²) in [5.74, 6) is 1.13. The van der Waals surface area contributed by atoms with Crippen LogP contribution in [0.15, 0.2) is 6.20 Å². The van der Waals surface area contributed by atoms with Crippen molar-refractivity contribution < 1.29 is 5.11 Å². The number of aryl methyl sites for hydroxylation is 1. The Bertz CT molecular complexity index is 336. The van der Waals surface area contributed by atoms with Crippen LogP contribution in [0, 0.1) is 0 Å². The largest absolute Gasteiger partial charge is 0.391 e. The Kier molecular flexibility index (Phi) is 2.14. The number of hydrogen-bond donors (Lipinski definition) is 1. The van der Waals surface area contributed by atoms with Crippen LogP contribution in [0.4, 0.5) is 0 Å². The van der Waals surface area contributed by atoms with Gasteiger partial charge in [0.1, 0.15) is 5.82 Å². The summed E-state index contributed by atoms with van der Waals surface area (Å²) in [6.07, 6.45) is 3.64. The molecule has 2 heterocycles. The van der Waals surface area contributed by atoms with Gasteiger partial charge >= 0.3 is 0 Å². The lowest BCUT2D eigenvalue weighted by atomic mass is 9.93. The van der Waals surface area contributed by atoms with Crippen LogP contribution in [0.2, 0.25) is 0 Å². The van der Waals surface area contributed by atoms with E-state index in [1.165, 1.54) is 0 Å². The molecule has 0 saturated heterocycles. The van der Waals surface area contributed by atoms with Crippen LogP contribution in [0.25, 0.3) is 0 Å². The highest BCUT2D eigenvalue weighted by molar-refractivity contribution is 5.14. The summed E-state index contributed by atoms with van der Waals surface area (Å²) < 4.78 is 2.09. The molecule has 1 N–H and O–H groups in total. The Labute approximate surface area is 84.8 Å². The molecule has 0 aliphatic carbocycles. The van der Waals surface area contributed by atoms with E-state index in [-0.39, 0.29) is 11.5 Å². The molecule has 0 amide bonds. The lowest BCUT2D eigenvalue weighted by Gasteiger charge is -2.18. The zero-order valence-electron chi connectivity index (χ0n) is 9.12. The minimum Gasteiger partial charge on any atom is -0.391 e. The van der Waals surface area contributed by atoms with Gasteiger partial charge in [-0.15, -0.1) is 0 Å². The van der Waals surface area contributed by atoms with Crippen LogP contribution < -0.4 is 0 Å². The van der Waals surface area contributed by atoms with Gasteiger partial charge in [0, 0.05) is 24.6 Å². The van der Waals surface area contributed by atoms with Crippen molar-refractivity contribution in [3.05, 3.63) is 17.7 Å². The van der Waals surface area contributed by atoms with E-state index in [1.807, 2.05) is 0 Å². The molecule has 14 heavy (non-hydrogen) atoms. The van der Waals surface area contributed by atoms with Crippen LogP contribution in [0.1, 0.15) is 38.7 Å². The number of fused-ring (bicyclic) bond motifs is 1. The fourth-order valence-electron chi connectivity index (χ4n) is 1.79. The van der Waals surface area contributed by atoms with Crippen molar-refractivity contribution in [3.8, 4) is 0 Å². The predicted molar refractivity (Wildman–Crippen MR) is 55.3 cm³/mol. The lowest BCUT2D eigenvalue weighted by Crippen LogP contribution is -2.23. The van der Waals surface area contributed by atoms with Crippen molar-refractivity contribution in [2.45, 2.75) is 51.7 Å². The van der Waals surface area contributed by atoms with Crippen LogP contribution in [-0.4, -0.2) is 20.8 Å². The second-order valence-corrected chi connectivity index (χ2v) is 5.14. The molecule has 0 spiro atoms. The fraction of sp³-hybridized carbons (Fsp3) is 0.727. The normalized spacial score (nSPS) is 22.1. The zero-order valence-corrected chi connectivity index (χ0v) is 9.12. The minimum atomic E-state index is -0.190. The molecule has 3 heteroatoms. The van der Waals surface area contributed by atoms with Crippen LogP contribution in [0.3, 0.4) is 0 Å². The molecule has 0 saturated carbocycles. The fourth-order valence-corrected chi connectivity index (χ4v) is 1.79. The van der Waals surface area contributed by atoms with Gasteiger partial charge in [-0.1, -0.05) is 20.8 Å². The summed E-state index contributed by atoms with van der Waals surface area (Å²) in [5.41, 5.74) is 1.23. The smallest absolute Gasteiger partial charge is 0.109 e. The third kappa shape index (κ3) is 1.69. The molecule has 1 atom stereocenters. The number of imidazole rings is 1. The van der Waals surface area contributed by atoms with Crippen molar-refractivity contribution in [3.63, 3.8) is 0 Å². The number of aromatic nitrogens is 2. The van der Waals surface area contributed by atoms with E-state index in [1.54, 1.807) is 0 Å². The average Bonchev–Trinajstić information content (AvgIpc) is 2.45. The Morgan fingerprint density at radius 2 is 2.21 bits per heavy atom. The first-order valence-corrected chi connectivity index (χ1v) is 5.21. The molecule has 1 aliphatic heterocycles. The summed E-state index contributed by atoms with van der Waals surface area (Å²) in [6.45, 7) is 7.20. The molecule has 1 aromatic heterocycles. The van der Waals surface area contributed by atoms with Gasteiger partial charge in [0.15, 0.2) is 0 Å². The van der Waals surface area contributed by atoms with Crippen LogP contribution in [-0.2, 0) is 18.4 Å². The molecule has 1 unspecified atom stereocenters. The van der Waals surface area contributed by atoms with Crippen molar-refractivity contribution in [1.82, 2.24) is 9.55 Å². The number of aliphatic hydroxyl groups is 1. The van der Waals surface area contributed by atoms with E-state index in [0.29, 0.717) is 6.54 Å². The number of aliphatic hydroxyl groups excluding tert-OH is 1. The Balaban J connectivity index is 2.32. The van der Waals surface area contributed by atoms with E-state index in [4.69, 9.17) is 0 Å². The van der Waals surface area contributed by atoms with Crippen molar-refractivity contribution in [2.75, 3.05) is 0 Å². The van der Waals surface area contributed by atoms with Gasteiger partial charge in [-0.3, -0.25) is 0 Å². The SMILES string of the molecule is CC(C)(C)c1cn2c(n1)CCC(O)C2. The first-order valence-electron chi connectivity index (χ1n) is 5.21. The zero-order chi connectivity index (χ0) is 10.3. The van der Waals surface area contributed by atoms with Gasteiger partial charge in [-0.05, 0) is 6.42 Å². The van der Waals surface area contributed by atoms with E-state index in [9.17, 15) is 5.11 Å². The first-order chi connectivity index (χ1) is 6.47. The monoisotopic (exact) mass is 194 g/mol. The summed E-state index contributed by atoms with van der Waals surface area (Å²) in [6, 6.07) is 0. The topological polar surface area (TPSA) is 38.0 Å². The van der Waals surface area contributed by atoms with Crippen molar-refractivity contribution >= 4 is 0 Å². The lowest BCUT2D eigenvalue weighted by molar-refractivity contribution is 0.130. The van der Waals surface area contributed by atoms with Crippen LogP contribution >= 0.6 is 0 Å². The minimum absolute atomic E-state index is 0.106. The van der Waals surface area contributed by atoms with E-state index in [0.717, 1.165) is 24.4 Å². The number of nitrogens with zero attached hydrogens (tertiary/aromatic N) is 2. The highest BCUT2D eigenvalue weighted by atomic mass is 16.3. The molecule has 0 bridgehead atoms. The molecule has 3 nitrogen and oxygen atoms in total. The predicted octanol–water partition coefficient (Wildman–Crippen LogP) is 1.49. The van der Waals surface area contributed by atoms with Gasteiger partial charge in [-0.2, -0.15) is 0 Å². The third-order valence-corrected chi connectivity index (χ3v) is 2.74. The van der Waals surface area contributed by atoms with Gasteiger partial charge < -0.3 is 9.67 Å². The molecule has 1 aliphatic rings. The van der Waals surface area contributed by atoms with Crippen molar-refractivity contribution in [1.29, 1.82) is 0 Å². The highest BCUT2D eigenvalue weighted by Crippen LogP contribution is 2.24. The Morgan fingerprint density at radius 1 is 1.50 bits per heavy atom. The third-order valence-electron chi connectivity index (χ3n) is 2.74. The van der Waals surface area contributed by atoms with Crippen LogP contribution in [0.5, 0.6) is 0 Å². The molecule has 78 valence electrons. The number of hydrogen-bond acceptors (Lipinski definition) is 2. The first kappa shape index (κ1) is 9.71. The quantitative estimate of drug-likeness (QED) is 0.679. The number of rotatable bonds is 0. The van der Waals surface area contributed by atoms with Gasteiger partial charge in [0.25, 0.3) is 0 Å². The maximum absolute atomic E-state index is 9.52. The van der Waals surface area contributed by atoms with E-state index >= 15 is 0 Å². The molecule has 0 aromatic carbocycles. The van der Waals surface area contributed by atoms with Gasteiger partial charge in [-0.25, -0.2) is 4.98 Å². The maximum Gasteiger partial charge on any atom is 0.109 e. The highest BCUT2D eigenvalue weighted by Gasteiger charge is 2.23. The molecule has 0 fully saturated rings. The molecule has 2 rings (SSSR count). The van der Waals surface area contributed by atoms with Gasteiger partial charge in [0.2, 0.25) is 0 Å². The molecule has 0 radical (unpaired) electrons. The maximum atomic E-state index is 9.52.